The van der Waals surface area contributed by atoms with E-state index in [1.807, 2.05) is 0 Å². The van der Waals surface area contributed by atoms with Gasteiger partial charge in [0, 0.05) is 24.2 Å². The molecule has 0 aliphatic heterocycles. The summed E-state index contributed by atoms with van der Waals surface area (Å²) in [5.41, 5.74) is 2.52. The van der Waals surface area contributed by atoms with Crippen LogP contribution in [0, 0.1) is 0 Å². The van der Waals surface area contributed by atoms with Crippen LogP contribution in [0.2, 0.25) is 0 Å². The summed E-state index contributed by atoms with van der Waals surface area (Å²) < 4.78 is 7.47. The van der Waals surface area contributed by atoms with E-state index in [0.29, 0.717) is 18.0 Å². The molecule has 2 aromatic rings. The number of unbranched alkanes of at least 4 members (excludes halogenated alkanes) is 8. The van der Waals surface area contributed by atoms with Gasteiger partial charge in [-0.3, -0.25) is 5.32 Å². The van der Waals surface area contributed by atoms with E-state index in [9.17, 15) is 9.59 Å². The van der Waals surface area contributed by atoms with Gasteiger partial charge in [0.25, 0.3) is 0 Å². The third kappa shape index (κ3) is 12.0. The third-order valence-electron chi connectivity index (χ3n) is 5.61. The minimum atomic E-state index is -0.474. The smallest absolute Gasteiger partial charge is 0.411 e. The highest BCUT2D eigenvalue weighted by molar-refractivity contribution is 5.84. The van der Waals surface area contributed by atoms with Crippen molar-refractivity contribution in [3.8, 4) is 0 Å². The molecule has 1 aromatic heterocycles. The van der Waals surface area contributed by atoms with E-state index >= 15 is 0 Å². The lowest BCUT2D eigenvalue weighted by Crippen LogP contribution is -2.32. The largest absolute Gasteiger partial charge is 0.449 e. The van der Waals surface area contributed by atoms with Crippen molar-refractivity contribution in [1.29, 1.82) is 0 Å². The Balaban J connectivity index is 1.49. The van der Waals surface area contributed by atoms with E-state index in [2.05, 4.69) is 46.3 Å². The Morgan fingerprint density at radius 3 is 2.30 bits per heavy atom. The molecule has 1 N–H and O–H groups in total. The molecule has 1 amide bonds. The molecule has 0 spiro atoms. The number of benzene rings is 1. The fourth-order valence-electron chi connectivity index (χ4n) is 3.65. The molecule has 0 unspecified atom stereocenters. The number of ether oxygens (including phenoxy) is 1. The van der Waals surface area contributed by atoms with E-state index in [1.165, 1.54) is 56.6 Å². The summed E-state index contributed by atoms with van der Waals surface area (Å²) in [6.07, 6.45) is 18.7. The number of carbonyl (C=O) groups is 1. The van der Waals surface area contributed by atoms with Gasteiger partial charge in [0.1, 0.15) is 6.54 Å². The molecule has 0 bridgehead atoms. The Morgan fingerprint density at radius 2 is 1.58 bits per heavy atom. The molecule has 1 heterocycles. The lowest BCUT2D eigenvalue weighted by atomic mass is 10.1. The van der Waals surface area contributed by atoms with Crippen LogP contribution in [-0.2, 0) is 22.5 Å². The number of aliphatic imine (C=N–C) groups is 1. The molecule has 0 aliphatic rings. The summed E-state index contributed by atoms with van der Waals surface area (Å²) >= 11 is 0. The second-order valence-corrected chi connectivity index (χ2v) is 8.39. The van der Waals surface area contributed by atoms with Gasteiger partial charge >= 0.3 is 6.09 Å². The number of anilines is 1. The lowest BCUT2D eigenvalue weighted by Gasteiger charge is -2.07. The Kier molecular flexibility index (Phi) is 13.2. The molecular formula is C27H38N3O3+. The number of hydrogen-bond acceptors (Lipinski definition) is 4. The van der Waals surface area contributed by atoms with Crippen LogP contribution in [0.5, 0.6) is 0 Å². The highest BCUT2D eigenvalue weighted by Crippen LogP contribution is 2.15. The number of rotatable bonds is 16. The molecule has 6 heteroatoms. The summed E-state index contributed by atoms with van der Waals surface area (Å²) in [6, 6.07) is 11.1. The second kappa shape index (κ2) is 16.6. The summed E-state index contributed by atoms with van der Waals surface area (Å²) in [7, 11) is 0. The zero-order chi connectivity index (χ0) is 23.6. The maximum Gasteiger partial charge on any atom is 0.411 e. The first-order valence-electron chi connectivity index (χ1n) is 12.3. The Hall–Kier alpha value is -2.98. The number of aromatic nitrogens is 1. The predicted octanol–water partition coefficient (Wildman–Crippen LogP) is 6.65. The number of nitrogens with one attached hydrogen (secondary N) is 1. The van der Waals surface area contributed by atoms with Crippen LogP contribution in [0.3, 0.4) is 0 Å². The number of aryl methyl sites for hydroxylation is 2. The van der Waals surface area contributed by atoms with Gasteiger partial charge in [-0.05, 0) is 61.9 Å². The third-order valence-corrected chi connectivity index (χ3v) is 5.61. The highest BCUT2D eigenvalue weighted by Gasteiger charge is 2.04. The summed E-state index contributed by atoms with van der Waals surface area (Å²) in [5, 5.41) is 2.66. The molecule has 0 fully saturated rings. The minimum Gasteiger partial charge on any atom is -0.449 e. The first-order chi connectivity index (χ1) is 16.2. The molecule has 0 aliphatic carbocycles. The predicted molar refractivity (Wildman–Crippen MR) is 131 cm³/mol. The van der Waals surface area contributed by atoms with Crippen LogP contribution in [-0.4, -0.2) is 18.8 Å². The summed E-state index contributed by atoms with van der Waals surface area (Å²) in [4.78, 5) is 25.5. The second-order valence-electron chi connectivity index (χ2n) is 8.39. The molecule has 0 radical (unpaired) electrons. The SMILES string of the molecule is CCCCCCCCc1cc[n+](CCCCCCOC(=O)Nc2ccc(N=C=O)cc2)cc1. The van der Waals surface area contributed by atoms with E-state index in [0.717, 1.165) is 32.2 Å². The maximum atomic E-state index is 11.8. The number of carbonyl (C=O) groups excluding carboxylic acids is 2. The van der Waals surface area contributed by atoms with E-state index < -0.39 is 6.09 Å². The van der Waals surface area contributed by atoms with Crippen molar-refractivity contribution in [2.24, 2.45) is 4.99 Å². The van der Waals surface area contributed by atoms with Gasteiger partial charge in [-0.2, -0.15) is 4.99 Å². The molecule has 0 atom stereocenters. The summed E-state index contributed by atoms with van der Waals surface area (Å²) in [5.74, 6) is 0. The highest BCUT2D eigenvalue weighted by atomic mass is 16.5. The first kappa shape index (κ1) is 26.3. The van der Waals surface area contributed by atoms with Gasteiger partial charge in [0.15, 0.2) is 12.4 Å². The van der Waals surface area contributed by atoms with Gasteiger partial charge < -0.3 is 4.74 Å². The van der Waals surface area contributed by atoms with Gasteiger partial charge in [0.2, 0.25) is 6.08 Å². The van der Waals surface area contributed by atoms with Crippen molar-refractivity contribution in [2.45, 2.75) is 84.1 Å². The fourth-order valence-corrected chi connectivity index (χ4v) is 3.65. The molecule has 33 heavy (non-hydrogen) atoms. The van der Waals surface area contributed by atoms with Crippen LogP contribution >= 0.6 is 0 Å². The normalized spacial score (nSPS) is 10.5. The van der Waals surface area contributed by atoms with E-state index in [1.54, 1.807) is 24.3 Å². The molecule has 2 rings (SSSR count). The van der Waals surface area contributed by atoms with Crippen molar-refractivity contribution in [3.63, 3.8) is 0 Å². The van der Waals surface area contributed by atoms with Crippen LogP contribution in [0.1, 0.15) is 76.7 Å². The Morgan fingerprint density at radius 1 is 0.909 bits per heavy atom. The zero-order valence-electron chi connectivity index (χ0n) is 19.9. The Bertz CT molecular complexity index is 844. The quantitative estimate of drug-likeness (QED) is 0.134. The standard InChI is InChI=1S/C27H37N3O3/c1-2-3-4-5-6-9-12-24-17-20-30(21-18-24)19-10-7-8-11-22-33-27(32)29-26-15-13-25(14-16-26)28-23-31/h13-18,20-21H,2-12,19,22H2,1H3/p+1. The van der Waals surface area contributed by atoms with Crippen LogP contribution in [0.15, 0.2) is 53.8 Å². The van der Waals surface area contributed by atoms with Crippen LogP contribution in [0.4, 0.5) is 16.2 Å². The number of nitrogens with zero attached hydrogens (tertiary/aromatic N) is 2. The van der Waals surface area contributed by atoms with E-state index in [-0.39, 0.29) is 0 Å². The van der Waals surface area contributed by atoms with Gasteiger partial charge in [-0.1, -0.05) is 39.0 Å². The fraction of sp³-hybridized carbons (Fsp3) is 0.519. The Labute approximate surface area is 198 Å². The van der Waals surface area contributed by atoms with Crippen LogP contribution < -0.4 is 9.88 Å². The van der Waals surface area contributed by atoms with Crippen LogP contribution in [0.25, 0.3) is 0 Å². The molecular weight excluding hydrogens is 414 g/mol. The maximum absolute atomic E-state index is 11.8. The summed E-state index contributed by atoms with van der Waals surface area (Å²) in [6.45, 7) is 3.68. The molecule has 0 saturated heterocycles. The number of pyridine rings is 1. The van der Waals surface area contributed by atoms with Crippen molar-refractivity contribution in [1.82, 2.24) is 0 Å². The topological polar surface area (TPSA) is 71.6 Å². The van der Waals surface area contributed by atoms with Crippen molar-refractivity contribution >= 4 is 23.5 Å². The van der Waals surface area contributed by atoms with E-state index in [4.69, 9.17) is 4.74 Å². The average Bonchev–Trinajstić information content (AvgIpc) is 2.83. The minimum absolute atomic E-state index is 0.402. The molecule has 1 aromatic carbocycles. The first-order valence-corrected chi connectivity index (χ1v) is 12.3. The zero-order valence-corrected chi connectivity index (χ0v) is 19.9. The van der Waals surface area contributed by atoms with Gasteiger partial charge in [0.05, 0.1) is 12.3 Å². The van der Waals surface area contributed by atoms with Gasteiger partial charge in [-0.25, -0.2) is 14.2 Å². The van der Waals surface area contributed by atoms with Crippen molar-refractivity contribution < 1.29 is 18.9 Å². The molecule has 178 valence electrons. The average molecular weight is 453 g/mol. The number of isocyanates is 1. The lowest BCUT2D eigenvalue weighted by molar-refractivity contribution is -0.697. The molecule has 0 saturated carbocycles. The monoisotopic (exact) mass is 452 g/mol. The molecule has 6 nitrogen and oxygen atoms in total. The number of amides is 1. The number of hydrogen-bond donors (Lipinski definition) is 1. The van der Waals surface area contributed by atoms with Crippen molar-refractivity contribution in [3.05, 3.63) is 54.4 Å². The van der Waals surface area contributed by atoms with Gasteiger partial charge in [-0.15, -0.1) is 0 Å². The van der Waals surface area contributed by atoms with Crippen molar-refractivity contribution in [2.75, 3.05) is 11.9 Å².